The van der Waals surface area contributed by atoms with Crippen molar-refractivity contribution in [3.05, 3.63) is 72.2 Å². The standard InChI is InChI=1S/C24H22N6O3/c1-14(2)30-22-17(12-25-30)16(11-19(26-22)21-9-6-10-33-21)23(31)27-28-24(32)18-13-29(3)20-8-5-4-7-15(18)20/h4-14H,1-3H3,(H,27,31)(H,28,32). The second kappa shape index (κ2) is 7.94. The van der Waals surface area contributed by atoms with Gasteiger partial charge in [-0.15, -0.1) is 0 Å². The summed E-state index contributed by atoms with van der Waals surface area (Å²) in [4.78, 5) is 30.6. The number of pyridine rings is 1. The van der Waals surface area contributed by atoms with E-state index in [1.54, 1.807) is 41.5 Å². The molecule has 0 unspecified atom stereocenters. The molecule has 0 saturated carbocycles. The van der Waals surface area contributed by atoms with E-state index in [-0.39, 0.29) is 6.04 Å². The predicted molar refractivity (Wildman–Crippen MR) is 123 cm³/mol. The summed E-state index contributed by atoms with van der Waals surface area (Å²) in [5.41, 5.74) is 7.84. The lowest BCUT2D eigenvalue weighted by molar-refractivity contribution is 0.0848. The number of hydrogen-bond donors (Lipinski definition) is 2. The molecule has 0 bridgehead atoms. The predicted octanol–water partition coefficient (Wildman–Crippen LogP) is 3.84. The lowest BCUT2D eigenvalue weighted by Crippen LogP contribution is -2.41. The molecule has 4 aromatic heterocycles. The Morgan fingerprint density at radius 1 is 1.00 bits per heavy atom. The average molecular weight is 442 g/mol. The first-order valence-corrected chi connectivity index (χ1v) is 10.5. The van der Waals surface area contributed by atoms with Crippen molar-refractivity contribution in [2.24, 2.45) is 7.05 Å². The third kappa shape index (κ3) is 3.53. The van der Waals surface area contributed by atoms with Crippen molar-refractivity contribution < 1.29 is 14.0 Å². The van der Waals surface area contributed by atoms with Crippen LogP contribution in [0.25, 0.3) is 33.4 Å². The number of carbonyl (C=O) groups excluding carboxylic acids is 2. The molecule has 0 spiro atoms. The number of hydrogen-bond acceptors (Lipinski definition) is 5. The number of fused-ring (bicyclic) bond motifs is 2. The van der Waals surface area contributed by atoms with Crippen LogP contribution in [0.1, 0.15) is 40.6 Å². The van der Waals surface area contributed by atoms with E-state index in [1.807, 2.05) is 49.7 Å². The number of benzene rings is 1. The SMILES string of the molecule is CC(C)n1ncc2c(C(=O)NNC(=O)c3cn(C)c4ccccc34)cc(-c3ccco3)nc21. The largest absolute Gasteiger partial charge is 0.463 e. The fourth-order valence-electron chi connectivity index (χ4n) is 3.91. The second-order valence-corrected chi connectivity index (χ2v) is 8.03. The Morgan fingerprint density at radius 2 is 1.76 bits per heavy atom. The highest BCUT2D eigenvalue weighted by atomic mass is 16.3. The van der Waals surface area contributed by atoms with Crippen molar-refractivity contribution in [3.63, 3.8) is 0 Å². The van der Waals surface area contributed by atoms with Crippen molar-refractivity contribution in [2.75, 3.05) is 0 Å². The minimum atomic E-state index is -0.480. The number of aromatic nitrogens is 4. The third-order valence-corrected chi connectivity index (χ3v) is 5.51. The Labute approximate surface area is 189 Å². The summed E-state index contributed by atoms with van der Waals surface area (Å²) in [6.07, 6.45) is 4.89. The molecule has 2 amide bonds. The third-order valence-electron chi connectivity index (χ3n) is 5.51. The molecule has 0 radical (unpaired) electrons. The highest BCUT2D eigenvalue weighted by molar-refractivity contribution is 6.10. The summed E-state index contributed by atoms with van der Waals surface area (Å²) in [7, 11) is 1.87. The van der Waals surface area contributed by atoms with Crippen molar-refractivity contribution in [1.29, 1.82) is 0 Å². The van der Waals surface area contributed by atoms with Crippen molar-refractivity contribution in [2.45, 2.75) is 19.9 Å². The summed E-state index contributed by atoms with van der Waals surface area (Å²) < 4.78 is 9.10. The van der Waals surface area contributed by atoms with Crippen LogP contribution in [0.4, 0.5) is 0 Å². The summed E-state index contributed by atoms with van der Waals surface area (Å²) >= 11 is 0. The van der Waals surface area contributed by atoms with E-state index in [1.165, 1.54) is 0 Å². The van der Waals surface area contributed by atoms with Gasteiger partial charge in [-0.3, -0.25) is 20.4 Å². The van der Waals surface area contributed by atoms with Crippen LogP contribution in [-0.4, -0.2) is 31.1 Å². The molecule has 2 N–H and O–H groups in total. The van der Waals surface area contributed by atoms with E-state index < -0.39 is 11.8 Å². The van der Waals surface area contributed by atoms with E-state index in [4.69, 9.17) is 4.42 Å². The second-order valence-electron chi connectivity index (χ2n) is 8.03. The first-order chi connectivity index (χ1) is 15.9. The highest BCUT2D eigenvalue weighted by Gasteiger charge is 2.20. The summed E-state index contributed by atoms with van der Waals surface area (Å²) in [5, 5.41) is 5.78. The first-order valence-electron chi connectivity index (χ1n) is 10.5. The van der Waals surface area contributed by atoms with E-state index in [0.29, 0.717) is 33.6 Å². The molecule has 0 fully saturated rings. The molecule has 166 valence electrons. The Morgan fingerprint density at radius 3 is 2.48 bits per heavy atom. The molecule has 4 heterocycles. The molecule has 0 saturated heterocycles. The quantitative estimate of drug-likeness (QED) is 0.411. The van der Waals surface area contributed by atoms with Crippen LogP contribution in [0.2, 0.25) is 0 Å². The van der Waals surface area contributed by atoms with Gasteiger partial charge in [-0.1, -0.05) is 18.2 Å². The van der Waals surface area contributed by atoms with Gasteiger partial charge in [0.2, 0.25) is 0 Å². The number of furan rings is 1. The maximum Gasteiger partial charge on any atom is 0.271 e. The van der Waals surface area contributed by atoms with Crippen molar-refractivity contribution >= 4 is 33.8 Å². The van der Waals surface area contributed by atoms with Gasteiger partial charge in [0.1, 0.15) is 5.69 Å². The van der Waals surface area contributed by atoms with Gasteiger partial charge >= 0.3 is 0 Å². The van der Waals surface area contributed by atoms with Crippen LogP contribution in [0.5, 0.6) is 0 Å². The number of amides is 2. The van der Waals surface area contributed by atoms with Gasteiger partial charge < -0.3 is 8.98 Å². The molecular weight excluding hydrogens is 420 g/mol. The normalized spacial score (nSPS) is 11.4. The van der Waals surface area contributed by atoms with Crippen LogP contribution >= 0.6 is 0 Å². The number of rotatable bonds is 4. The van der Waals surface area contributed by atoms with Crippen molar-refractivity contribution in [1.82, 2.24) is 30.2 Å². The molecule has 1 aromatic carbocycles. The number of carbonyl (C=O) groups is 2. The van der Waals surface area contributed by atoms with E-state index in [2.05, 4.69) is 20.9 Å². The molecule has 0 atom stereocenters. The molecule has 5 rings (SSSR count). The lowest BCUT2D eigenvalue weighted by atomic mass is 10.1. The van der Waals surface area contributed by atoms with Gasteiger partial charge in [0.15, 0.2) is 11.4 Å². The topological polar surface area (TPSA) is 107 Å². The highest BCUT2D eigenvalue weighted by Crippen LogP contribution is 2.26. The Kier molecular flexibility index (Phi) is 4.93. The Bertz CT molecular complexity index is 1490. The van der Waals surface area contributed by atoms with Crippen LogP contribution in [-0.2, 0) is 7.05 Å². The first kappa shape index (κ1) is 20.5. The van der Waals surface area contributed by atoms with E-state index >= 15 is 0 Å². The molecule has 0 aliphatic carbocycles. The zero-order valence-corrected chi connectivity index (χ0v) is 18.4. The zero-order valence-electron chi connectivity index (χ0n) is 18.4. The molecule has 9 nitrogen and oxygen atoms in total. The summed E-state index contributed by atoms with van der Waals surface area (Å²) in [6.45, 7) is 3.97. The minimum absolute atomic E-state index is 0.0452. The van der Waals surface area contributed by atoms with Crippen LogP contribution in [0.15, 0.2) is 65.5 Å². The van der Waals surface area contributed by atoms with E-state index in [9.17, 15) is 9.59 Å². The lowest BCUT2D eigenvalue weighted by Gasteiger charge is -2.11. The van der Waals surface area contributed by atoms with Crippen LogP contribution < -0.4 is 10.9 Å². The Balaban J connectivity index is 1.47. The van der Waals surface area contributed by atoms with Gasteiger partial charge in [0.25, 0.3) is 11.8 Å². The van der Waals surface area contributed by atoms with Gasteiger partial charge in [-0.25, -0.2) is 9.67 Å². The van der Waals surface area contributed by atoms with Gasteiger partial charge in [0, 0.05) is 30.2 Å². The number of aryl methyl sites for hydroxylation is 1. The maximum atomic E-state index is 13.1. The number of hydrazine groups is 1. The monoisotopic (exact) mass is 442 g/mol. The zero-order chi connectivity index (χ0) is 23.1. The molecule has 33 heavy (non-hydrogen) atoms. The molecular formula is C24H22N6O3. The van der Waals surface area contributed by atoms with E-state index in [0.717, 1.165) is 10.9 Å². The number of nitrogens with one attached hydrogen (secondary N) is 2. The fraction of sp³-hybridized carbons (Fsp3) is 0.167. The molecule has 0 aliphatic rings. The smallest absolute Gasteiger partial charge is 0.271 e. The molecule has 0 aliphatic heterocycles. The Hall–Kier alpha value is -4.40. The molecule has 9 heteroatoms. The number of para-hydroxylation sites is 1. The molecule has 5 aromatic rings. The summed E-state index contributed by atoms with van der Waals surface area (Å²) in [6, 6.07) is 12.8. The minimum Gasteiger partial charge on any atom is -0.463 e. The van der Waals surface area contributed by atoms with Crippen LogP contribution in [0.3, 0.4) is 0 Å². The maximum absolute atomic E-state index is 13.1. The van der Waals surface area contributed by atoms with Gasteiger partial charge in [-0.05, 0) is 38.1 Å². The van der Waals surface area contributed by atoms with Gasteiger partial charge in [0.05, 0.1) is 29.0 Å². The summed E-state index contributed by atoms with van der Waals surface area (Å²) in [5.74, 6) is -0.357. The average Bonchev–Trinajstić information content (AvgIpc) is 3.55. The number of nitrogens with zero attached hydrogens (tertiary/aromatic N) is 4. The van der Waals surface area contributed by atoms with Crippen LogP contribution in [0, 0.1) is 0 Å². The van der Waals surface area contributed by atoms with Crippen molar-refractivity contribution in [3.8, 4) is 11.5 Å². The van der Waals surface area contributed by atoms with Gasteiger partial charge in [-0.2, -0.15) is 5.10 Å². The fourth-order valence-corrected chi connectivity index (χ4v) is 3.91.